The van der Waals surface area contributed by atoms with Crippen LogP contribution < -0.4 is 16.0 Å². The van der Waals surface area contributed by atoms with Crippen molar-refractivity contribution in [1.29, 1.82) is 0 Å². The Morgan fingerprint density at radius 2 is 2.05 bits per heavy atom. The van der Waals surface area contributed by atoms with Crippen molar-refractivity contribution in [2.24, 2.45) is 0 Å². The maximum absolute atomic E-state index is 11.8. The van der Waals surface area contributed by atoms with Gasteiger partial charge in [-0.25, -0.2) is 0 Å². The molecule has 0 aliphatic carbocycles. The summed E-state index contributed by atoms with van der Waals surface area (Å²) in [7, 11) is 1.67. The molecule has 0 amide bonds. The van der Waals surface area contributed by atoms with Crippen LogP contribution in [0.5, 0.6) is 5.75 Å². The third-order valence-electron chi connectivity index (χ3n) is 3.10. The largest absolute Gasteiger partial charge is 0.496 e. The lowest BCUT2D eigenvalue weighted by molar-refractivity contribution is 0.410. The molecule has 2 rings (SSSR count). The first kappa shape index (κ1) is 13.2. The average molecular weight is 258 g/mol. The van der Waals surface area contributed by atoms with Gasteiger partial charge in [0.05, 0.1) is 13.7 Å². The van der Waals surface area contributed by atoms with Crippen LogP contribution in [0, 0.1) is 0 Å². The van der Waals surface area contributed by atoms with E-state index in [1.54, 1.807) is 23.9 Å². The molecular formula is C15H18N2O2. The minimum absolute atomic E-state index is 0.0890. The molecule has 0 fully saturated rings. The molecule has 0 radical (unpaired) electrons. The van der Waals surface area contributed by atoms with Gasteiger partial charge >= 0.3 is 0 Å². The zero-order valence-corrected chi connectivity index (χ0v) is 11.2. The van der Waals surface area contributed by atoms with Crippen LogP contribution in [0.2, 0.25) is 0 Å². The summed E-state index contributed by atoms with van der Waals surface area (Å²) in [5.74, 6) is 0.885. The number of nitrogens with two attached hydrogens (primary N) is 1. The SMILES string of the molecule is CCc1cc(Cn2ccc(N)cc2=O)ccc1OC. The number of nitrogens with zero attached hydrogens (tertiary/aromatic N) is 1. The minimum atomic E-state index is -0.0890. The van der Waals surface area contributed by atoms with Crippen molar-refractivity contribution in [2.75, 3.05) is 12.8 Å². The molecule has 0 aliphatic rings. The van der Waals surface area contributed by atoms with Crippen molar-refractivity contribution in [3.8, 4) is 5.75 Å². The molecule has 0 atom stereocenters. The highest BCUT2D eigenvalue weighted by molar-refractivity contribution is 5.38. The average Bonchev–Trinajstić information content (AvgIpc) is 2.41. The van der Waals surface area contributed by atoms with E-state index in [0.717, 1.165) is 23.3 Å². The summed E-state index contributed by atoms with van der Waals surface area (Å²) < 4.78 is 6.93. The van der Waals surface area contributed by atoms with Gasteiger partial charge in [0.2, 0.25) is 0 Å². The number of methoxy groups -OCH3 is 1. The number of hydrogen-bond acceptors (Lipinski definition) is 3. The first-order chi connectivity index (χ1) is 9.13. The van der Waals surface area contributed by atoms with Gasteiger partial charge in [-0.05, 0) is 29.7 Å². The smallest absolute Gasteiger partial charge is 0.252 e. The predicted molar refractivity (Wildman–Crippen MR) is 76.6 cm³/mol. The van der Waals surface area contributed by atoms with E-state index in [2.05, 4.69) is 13.0 Å². The van der Waals surface area contributed by atoms with E-state index in [-0.39, 0.29) is 5.56 Å². The van der Waals surface area contributed by atoms with Crippen molar-refractivity contribution >= 4 is 5.69 Å². The van der Waals surface area contributed by atoms with Crippen molar-refractivity contribution in [2.45, 2.75) is 19.9 Å². The van der Waals surface area contributed by atoms with Crippen molar-refractivity contribution in [1.82, 2.24) is 4.57 Å². The van der Waals surface area contributed by atoms with Gasteiger partial charge in [-0.1, -0.05) is 19.1 Å². The molecule has 2 N–H and O–H groups in total. The quantitative estimate of drug-likeness (QED) is 0.913. The van der Waals surface area contributed by atoms with Gasteiger partial charge in [-0.2, -0.15) is 0 Å². The van der Waals surface area contributed by atoms with E-state index >= 15 is 0 Å². The Morgan fingerprint density at radius 3 is 2.68 bits per heavy atom. The topological polar surface area (TPSA) is 57.2 Å². The molecule has 1 heterocycles. The summed E-state index contributed by atoms with van der Waals surface area (Å²) in [4.78, 5) is 11.8. The van der Waals surface area contributed by atoms with E-state index in [0.29, 0.717) is 12.2 Å². The van der Waals surface area contributed by atoms with E-state index in [4.69, 9.17) is 10.5 Å². The maximum Gasteiger partial charge on any atom is 0.252 e. The van der Waals surface area contributed by atoms with Crippen LogP contribution in [0.25, 0.3) is 0 Å². The second-order valence-corrected chi connectivity index (χ2v) is 4.43. The normalized spacial score (nSPS) is 10.4. The molecule has 1 aromatic heterocycles. The summed E-state index contributed by atoms with van der Waals surface area (Å²) >= 11 is 0. The number of aromatic nitrogens is 1. The first-order valence-corrected chi connectivity index (χ1v) is 6.25. The van der Waals surface area contributed by atoms with E-state index in [1.807, 2.05) is 12.1 Å². The molecule has 4 heteroatoms. The van der Waals surface area contributed by atoms with Crippen molar-refractivity contribution in [3.05, 3.63) is 58.0 Å². The highest BCUT2D eigenvalue weighted by Crippen LogP contribution is 2.20. The monoisotopic (exact) mass is 258 g/mol. The summed E-state index contributed by atoms with van der Waals surface area (Å²) in [5.41, 5.74) is 8.19. The van der Waals surface area contributed by atoms with Crippen LogP contribution >= 0.6 is 0 Å². The van der Waals surface area contributed by atoms with Gasteiger partial charge in [0.25, 0.3) is 5.56 Å². The van der Waals surface area contributed by atoms with Crippen LogP contribution in [0.15, 0.2) is 41.3 Å². The highest BCUT2D eigenvalue weighted by Gasteiger charge is 2.04. The van der Waals surface area contributed by atoms with Crippen LogP contribution in [-0.4, -0.2) is 11.7 Å². The standard InChI is InChI=1S/C15H18N2O2/c1-3-12-8-11(4-5-14(12)19-2)10-17-7-6-13(16)9-15(17)18/h4-9H,3,10,16H2,1-2H3. The van der Waals surface area contributed by atoms with Gasteiger partial charge in [0.15, 0.2) is 0 Å². The Labute approximate surface area is 112 Å². The fourth-order valence-corrected chi connectivity index (χ4v) is 2.06. The molecular weight excluding hydrogens is 240 g/mol. The van der Waals surface area contributed by atoms with Gasteiger partial charge in [0, 0.05) is 18.0 Å². The van der Waals surface area contributed by atoms with E-state index < -0.39 is 0 Å². The summed E-state index contributed by atoms with van der Waals surface area (Å²) in [6.45, 7) is 2.62. The van der Waals surface area contributed by atoms with Crippen LogP contribution in [0.1, 0.15) is 18.1 Å². The molecule has 2 aromatic rings. The molecule has 0 bridgehead atoms. The van der Waals surface area contributed by atoms with Gasteiger partial charge in [0.1, 0.15) is 5.75 Å². The van der Waals surface area contributed by atoms with Crippen molar-refractivity contribution in [3.63, 3.8) is 0 Å². The molecule has 0 unspecified atom stereocenters. The van der Waals surface area contributed by atoms with Crippen molar-refractivity contribution < 1.29 is 4.74 Å². The fraction of sp³-hybridized carbons (Fsp3) is 0.267. The molecule has 0 saturated carbocycles. The molecule has 4 nitrogen and oxygen atoms in total. The zero-order valence-electron chi connectivity index (χ0n) is 11.2. The number of nitrogen functional groups attached to an aromatic ring is 1. The molecule has 0 saturated heterocycles. The Morgan fingerprint density at radius 1 is 1.26 bits per heavy atom. The zero-order chi connectivity index (χ0) is 13.8. The lowest BCUT2D eigenvalue weighted by Crippen LogP contribution is -2.19. The molecule has 0 spiro atoms. The Balaban J connectivity index is 2.30. The van der Waals surface area contributed by atoms with E-state index in [9.17, 15) is 4.79 Å². The Hall–Kier alpha value is -2.23. The summed E-state index contributed by atoms with van der Waals surface area (Å²) in [5, 5.41) is 0. The predicted octanol–water partition coefficient (Wildman–Crippen LogP) is 2.05. The lowest BCUT2D eigenvalue weighted by atomic mass is 10.1. The highest BCUT2D eigenvalue weighted by atomic mass is 16.5. The fourth-order valence-electron chi connectivity index (χ4n) is 2.06. The second kappa shape index (κ2) is 5.61. The number of ether oxygens (including phenoxy) is 1. The number of anilines is 1. The van der Waals surface area contributed by atoms with Gasteiger partial charge in [-0.15, -0.1) is 0 Å². The lowest BCUT2D eigenvalue weighted by Gasteiger charge is -2.10. The molecule has 100 valence electrons. The summed E-state index contributed by atoms with van der Waals surface area (Å²) in [6, 6.07) is 9.15. The van der Waals surface area contributed by atoms with Crippen LogP contribution in [-0.2, 0) is 13.0 Å². The number of rotatable bonds is 4. The molecule has 0 aliphatic heterocycles. The first-order valence-electron chi connectivity index (χ1n) is 6.25. The number of aryl methyl sites for hydroxylation is 1. The van der Waals surface area contributed by atoms with Gasteiger partial charge < -0.3 is 15.0 Å². The minimum Gasteiger partial charge on any atom is -0.496 e. The molecule has 1 aromatic carbocycles. The number of hydrogen-bond donors (Lipinski definition) is 1. The Bertz CT molecular complexity index is 632. The van der Waals surface area contributed by atoms with Crippen LogP contribution in [0.3, 0.4) is 0 Å². The second-order valence-electron chi connectivity index (χ2n) is 4.43. The third-order valence-corrected chi connectivity index (χ3v) is 3.10. The molecule has 19 heavy (non-hydrogen) atoms. The summed E-state index contributed by atoms with van der Waals surface area (Å²) in [6.07, 6.45) is 2.61. The maximum atomic E-state index is 11.8. The number of pyridine rings is 1. The van der Waals surface area contributed by atoms with Gasteiger partial charge in [-0.3, -0.25) is 4.79 Å². The van der Waals surface area contributed by atoms with Crippen LogP contribution in [0.4, 0.5) is 5.69 Å². The van der Waals surface area contributed by atoms with E-state index in [1.165, 1.54) is 6.07 Å². The third kappa shape index (κ3) is 2.96. The Kier molecular flexibility index (Phi) is 3.90. The number of benzene rings is 1.